The Hall–Kier alpha value is -7.58. The molecule has 12 aromatic rings. The van der Waals surface area contributed by atoms with Crippen LogP contribution in [0.4, 0.5) is 0 Å². The maximum atomic E-state index is 2.45. The number of hydrogen-bond acceptors (Lipinski definition) is 1. The third kappa shape index (κ3) is 5.05. The third-order valence-electron chi connectivity index (χ3n) is 13.0. The van der Waals surface area contributed by atoms with Gasteiger partial charge in [-0.15, -0.1) is 11.3 Å². The van der Waals surface area contributed by atoms with Gasteiger partial charge in [-0.2, -0.15) is 0 Å². The van der Waals surface area contributed by atoms with E-state index in [1.54, 1.807) is 0 Å². The summed E-state index contributed by atoms with van der Waals surface area (Å²) < 4.78 is 2.67. The van der Waals surface area contributed by atoms with Crippen molar-refractivity contribution >= 4 is 63.8 Å². The molecule has 0 fully saturated rings. The molecular formula is C60H36S. The van der Waals surface area contributed by atoms with Gasteiger partial charge in [-0.3, -0.25) is 0 Å². The van der Waals surface area contributed by atoms with Crippen molar-refractivity contribution in [3.63, 3.8) is 0 Å². The Morgan fingerprint density at radius 3 is 1.31 bits per heavy atom. The summed E-state index contributed by atoms with van der Waals surface area (Å²) in [7, 11) is 0. The summed E-state index contributed by atoms with van der Waals surface area (Å²) in [5.74, 6) is 0. The van der Waals surface area contributed by atoms with Gasteiger partial charge in [0.25, 0.3) is 0 Å². The summed E-state index contributed by atoms with van der Waals surface area (Å²) in [4.78, 5) is 0. The van der Waals surface area contributed by atoms with Crippen LogP contribution in [0.5, 0.6) is 0 Å². The summed E-state index contributed by atoms with van der Waals surface area (Å²) in [6.45, 7) is 0. The highest BCUT2D eigenvalue weighted by Crippen LogP contribution is 2.61. The fraction of sp³-hybridized carbons (Fsp3) is 0. The fourth-order valence-electron chi connectivity index (χ4n) is 10.5. The summed E-state index contributed by atoms with van der Waals surface area (Å²) in [6.07, 6.45) is 0. The molecule has 61 heavy (non-hydrogen) atoms. The maximum Gasteiger partial charge on any atom is 0.0440 e. The van der Waals surface area contributed by atoms with Gasteiger partial charge in [0.2, 0.25) is 0 Å². The zero-order chi connectivity index (χ0) is 40.0. The Morgan fingerprint density at radius 1 is 0.246 bits per heavy atom. The van der Waals surface area contributed by atoms with Gasteiger partial charge in [0.15, 0.2) is 0 Å². The van der Waals surface area contributed by atoms with E-state index in [0.717, 1.165) is 0 Å². The van der Waals surface area contributed by atoms with Crippen LogP contribution in [0.2, 0.25) is 0 Å². The van der Waals surface area contributed by atoms with Crippen molar-refractivity contribution in [1.29, 1.82) is 0 Å². The van der Waals surface area contributed by atoms with Crippen molar-refractivity contribution in [2.75, 3.05) is 0 Å². The lowest BCUT2D eigenvalue weighted by molar-refractivity contribution is 1.59. The normalized spacial score (nSPS) is 11.9. The molecule has 0 bridgehead atoms. The van der Waals surface area contributed by atoms with E-state index in [1.165, 1.54) is 130 Å². The second-order valence-electron chi connectivity index (χ2n) is 16.2. The van der Waals surface area contributed by atoms with Crippen LogP contribution in [-0.2, 0) is 0 Å². The highest BCUT2D eigenvalue weighted by molar-refractivity contribution is 7.26. The molecule has 0 nitrogen and oxygen atoms in total. The predicted octanol–water partition coefficient (Wildman–Crippen LogP) is 17.5. The fourth-order valence-corrected chi connectivity index (χ4v) is 11.8. The standard InChI is InChI=1S/C60H36S/c1-5-18-37(19-6-1)43-32-33-44(38-20-7-2-8-21-38)57-53(40-24-11-4-12-25-40)59-49-35-34-47(46-29-17-30-48(54(46)49)58(59)52(56(43)57)39-22-9-3-10-23-39)55-42-27-14-13-26-41(42)36-50-45-28-15-16-31-51(45)61-60(50)55/h1-36H. The van der Waals surface area contributed by atoms with Crippen molar-refractivity contribution in [3.05, 3.63) is 218 Å². The predicted molar refractivity (Wildman–Crippen MR) is 263 cm³/mol. The molecule has 1 heteroatoms. The molecule has 0 N–H and O–H groups in total. The molecule has 11 aromatic carbocycles. The van der Waals surface area contributed by atoms with Gasteiger partial charge in [-0.25, -0.2) is 0 Å². The van der Waals surface area contributed by atoms with E-state index in [4.69, 9.17) is 0 Å². The maximum absolute atomic E-state index is 2.45. The molecule has 0 amide bonds. The second-order valence-corrected chi connectivity index (χ2v) is 17.3. The van der Waals surface area contributed by atoms with Crippen LogP contribution in [0.15, 0.2) is 218 Å². The monoisotopic (exact) mass is 788 g/mol. The van der Waals surface area contributed by atoms with E-state index in [9.17, 15) is 0 Å². The molecule has 282 valence electrons. The van der Waals surface area contributed by atoms with Crippen molar-refractivity contribution < 1.29 is 0 Å². The number of thiophene rings is 1. The minimum atomic E-state index is 1.21. The van der Waals surface area contributed by atoms with Gasteiger partial charge < -0.3 is 0 Å². The van der Waals surface area contributed by atoms with Gasteiger partial charge in [0, 0.05) is 25.7 Å². The zero-order valence-electron chi connectivity index (χ0n) is 33.2. The Morgan fingerprint density at radius 2 is 0.705 bits per heavy atom. The van der Waals surface area contributed by atoms with Crippen LogP contribution < -0.4 is 0 Å². The summed E-state index contributed by atoms with van der Waals surface area (Å²) in [5.41, 5.74) is 17.7. The van der Waals surface area contributed by atoms with E-state index in [-0.39, 0.29) is 0 Å². The van der Waals surface area contributed by atoms with Crippen molar-refractivity contribution in [2.24, 2.45) is 0 Å². The molecule has 1 aromatic heterocycles. The average molecular weight is 789 g/mol. The molecule has 13 rings (SSSR count). The van der Waals surface area contributed by atoms with Crippen LogP contribution >= 0.6 is 11.3 Å². The number of fused-ring (bicyclic) bond motifs is 8. The SMILES string of the molecule is c1ccc(-c2ccc(-c3ccccc3)c3c(-c4ccccc4)c4c(c(-c5ccccc5)c23)-c2cccc3c(-c5c6ccccc6cc6c5sc5ccccc56)ccc-4c23)cc1. The zero-order valence-corrected chi connectivity index (χ0v) is 34.0. The van der Waals surface area contributed by atoms with E-state index in [0.29, 0.717) is 0 Å². The van der Waals surface area contributed by atoms with Crippen molar-refractivity contribution in [2.45, 2.75) is 0 Å². The van der Waals surface area contributed by atoms with Gasteiger partial charge >= 0.3 is 0 Å². The number of rotatable bonds is 5. The van der Waals surface area contributed by atoms with E-state index in [1.807, 2.05) is 11.3 Å². The van der Waals surface area contributed by atoms with E-state index in [2.05, 4.69) is 218 Å². The molecule has 1 heterocycles. The Kier molecular flexibility index (Phi) is 7.58. The lowest BCUT2D eigenvalue weighted by Crippen LogP contribution is -1.97. The topological polar surface area (TPSA) is 0 Å². The molecule has 0 aliphatic heterocycles. The van der Waals surface area contributed by atoms with Gasteiger partial charge in [0.1, 0.15) is 0 Å². The molecular weight excluding hydrogens is 753 g/mol. The lowest BCUT2D eigenvalue weighted by Gasteiger charge is -2.25. The molecule has 0 saturated heterocycles. The van der Waals surface area contributed by atoms with Gasteiger partial charge in [-0.1, -0.05) is 206 Å². The molecule has 1 aliphatic rings. The molecule has 1 aliphatic carbocycles. The minimum Gasteiger partial charge on any atom is -0.135 e. The first kappa shape index (κ1) is 34.3. The van der Waals surface area contributed by atoms with E-state index < -0.39 is 0 Å². The quantitative estimate of drug-likeness (QED) is 0.163. The Labute approximate surface area is 358 Å². The first-order valence-electron chi connectivity index (χ1n) is 21.1. The molecule has 0 radical (unpaired) electrons. The first-order valence-corrected chi connectivity index (χ1v) is 21.9. The number of benzene rings is 11. The van der Waals surface area contributed by atoms with Crippen LogP contribution in [0.1, 0.15) is 0 Å². The molecule has 0 unspecified atom stereocenters. The highest BCUT2D eigenvalue weighted by Gasteiger charge is 2.33. The highest BCUT2D eigenvalue weighted by atomic mass is 32.1. The van der Waals surface area contributed by atoms with Gasteiger partial charge in [-0.05, 0) is 117 Å². The van der Waals surface area contributed by atoms with Crippen LogP contribution in [0, 0.1) is 0 Å². The molecule has 0 saturated carbocycles. The summed E-state index contributed by atoms with van der Waals surface area (Å²) >= 11 is 1.92. The second kappa shape index (κ2) is 13.5. The van der Waals surface area contributed by atoms with E-state index >= 15 is 0 Å². The summed E-state index contributed by atoms with van der Waals surface area (Å²) in [5, 5.41) is 10.4. The van der Waals surface area contributed by atoms with Crippen LogP contribution in [-0.4, -0.2) is 0 Å². The number of hydrogen-bond donors (Lipinski definition) is 0. The first-order chi connectivity index (χ1) is 30.3. The summed E-state index contributed by atoms with van der Waals surface area (Å²) in [6, 6.07) is 81.2. The third-order valence-corrected chi connectivity index (χ3v) is 14.2. The molecule has 0 atom stereocenters. The van der Waals surface area contributed by atoms with Gasteiger partial charge in [0.05, 0.1) is 0 Å². The van der Waals surface area contributed by atoms with Crippen LogP contribution in [0.3, 0.4) is 0 Å². The van der Waals surface area contributed by atoms with Crippen molar-refractivity contribution in [3.8, 4) is 77.9 Å². The Balaban J connectivity index is 1.24. The minimum absolute atomic E-state index is 1.21. The van der Waals surface area contributed by atoms with Crippen LogP contribution in [0.25, 0.3) is 130 Å². The molecule has 0 spiro atoms. The Bertz CT molecular complexity index is 3580. The lowest BCUT2D eigenvalue weighted by atomic mass is 9.78. The smallest absolute Gasteiger partial charge is 0.0440 e. The van der Waals surface area contributed by atoms with Crippen molar-refractivity contribution in [1.82, 2.24) is 0 Å². The average Bonchev–Trinajstić information content (AvgIpc) is 3.87. The largest absolute Gasteiger partial charge is 0.135 e.